The summed E-state index contributed by atoms with van der Waals surface area (Å²) in [7, 11) is 1.56. The second-order valence-corrected chi connectivity index (χ2v) is 3.25. The number of hydrogen-bond donors (Lipinski definition) is 1. The van der Waals surface area contributed by atoms with Gasteiger partial charge in [0.05, 0.1) is 0 Å². The van der Waals surface area contributed by atoms with Gasteiger partial charge in [-0.15, -0.1) is 0 Å². The molecular formula is C7H7BrF3N3. The third-order valence-electron chi connectivity index (χ3n) is 1.47. The number of halogens is 4. The van der Waals surface area contributed by atoms with Crippen molar-refractivity contribution in [2.45, 2.75) is 12.7 Å². The number of hydrogen-bond acceptors (Lipinski definition) is 3. The molecule has 0 bridgehead atoms. The molecule has 7 heteroatoms. The Morgan fingerprint density at radius 1 is 1.50 bits per heavy atom. The average Bonchev–Trinajstić information content (AvgIpc) is 2.07. The molecule has 0 unspecified atom stereocenters. The molecule has 0 saturated heterocycles. The predicted octanol–water partition coefficient (Wildman–Crippen LogP) is 1.98. The van der Waals surface area contributed by atoms with Crippen molar-refractivity contribution in [2.24, 2.45) is 0 Å². The molecule has 1 heterocycles. The van der Waals surface area contributed by atoms with E-state index in [1.807, 2.05) is 0 Å². The van der Waals surface area contributed by atoms with Gasteiger partial charge in [-0.2, -0.15) is 13.2 Å². The highest BCUT2D eigenvalue weighted by Crippen LogP contribution is 2.30. The van der Waals surface area contributed by atoms with E-state index in [1.54, 1.807) is 7.05 Å². The summed E-state index contributed by atoms with van der Waals surface area (Å²) in [5.74, 6) is 0. The van der Waals surface area contributed by atoms with Gasteiger partial charge in [-0.05, 0) is 23.0 Å². The summed E-state index contributed by atoms with van der Waals surface area (Å²) < 4.78 is 37.2. The molecule has 1 rings (SSSR count). The molecule has 0 aliphatic carbocycles. The van der Waals surface area contributed by atoms with Crippen LogP contribution in [0.1, 0.15) is 11.3 Å². The van der Waals surface area contributed by atoms with E-state index in [-0.39, 0.29) is 16.8 Å². The van der Waals surface area contributed by atoms with Crippen molar-refractivity contribution in [1.82, 2.24) is 15.3 Å². The van der Waals surface area contributed by atoms with Crippen molar-refractivity contribution >= 4 is 15.9 Å². The number of alkyl halides is 3. The van der Waals surface area contributed by atoms with Crippen LogP contribution in [0, 0.1) is 0 Å². The fourth-order valence-corrected chi connectivity index (χ4v) is 1.23. The van der Waals surface area contributed by atoms with Gasteiger partial charge in [0.2, 0.25) is 0 Å². The lowest BCUT2D eigenvalue weighted by molar-refractivity contribution is -0.142. The lowest BCUT2D eigenvalue weighted by atomic mass is 10.2. The maximum Gasteiger partial charge on any atom is 0.433 e. The topological polar surface area (TPSA) is 37.8 Å². The van der Waals surface area contributed by atoms with Crippen molar-refractivity contribution in [3.8, 4) is 0 Å². The molecule has 1 aromatic rings. The molecule has 14 heavy (non-hydrogen) atoms. The molecule has 0 fully saturated rings. The van der Waals surface area contributed by atoms with Gasteiger partial charge < -0.3 is 5.32 Å². The minimum Gasteiger partial charge on any atom is -0.316 e. The van der Waals surface area contributed by atoms with Gasteiger partial charge in [0, 0.05) is 18.3 Å². The second-order valence-electron chi connectivity index (χ2n) is 2.54. The van der Waals surface area contributed by atoms with Crippen LogP contribution in [0.25, 0.3) is 0 Å². The van der Waals surface area contributed by atoms with Gasteiger partial charge in [-0.25, -0.2) is 9.97 Å². The molecule has 78 valence electrons. The van der Waals surface area contributed by atoms with Crippen LogP contribution in [-0.2, 0) is 12.7 Å². The van der Waals surface area contributed by atoms with Crippen LogP contribution in [0.2, 0.25) is 0 Å². The van der Waals surface area contributed by atoms with Gasteiger partial charge in [0.15, 0.2) is 10.4 Å². The Kier molecular flexibility index (Phi) is 3.43. The lowest BCUT2D eigenvalue weighted by Crippen LogP contribution is -2.17. The van der Waals surface area contributed by atoms with Crippen LogP contribution in [0.3, 0.4) is 0 Å². The smallest absolute Gasteiger partial charge is 0.316 e. The fourth-order valence-electron chi connectivity index (χ4n) is 0.951. The van der Waals surface area contributed by atoms with Crippen LogP contribution >= 0.6 is 15.9 Å². The van der Waals surface area contributed by atoms with Crippen LogP contribution in [0.4, 0.5) is 13.2 Å². The predicted molar refractivity (Wildman–Crippen MR) is 47.5 cm³/mol. The molecule has 0 atom stereocenters. The van der Waals surface area contributed by atoms with E-state index in [2.05, 4.69) is 31.2 Å². The summed E-state index contributed by atoms with van der Waals surface area (Å²) in [6.07, 6.45) is -3.30. The summed E-state index contributed by atoms with van der Waals surface area (Å²) in [6.45, 7) is 0.0854. The van der Waals surface area contributed by atoms with Crippen LogP contribution in [-0.4, -0.2) is 17.0 Å². The summed E-state index contributed by atoms with van der Waals surface area (Å²) in [5, 5.41) is 2.62. The highest BCUT2D eigenvalue weighted by Gasteiger charge is 2.35. The van der Waals surface area contributed by atoms with Crippen molar-refractivity contribution in [3.05, 3.63) is 22.2 Å². The minimum absolute atomic E-state index is 0.0307. The molecule has 0 aliphatic heterocycles. The maximum atomic E-state index is 12.4. The molecule has 0 saturated carbocycles. The highest BCUT2D eigenvalue weighted by molar-refractivity contribution is 9.10. The zero-order chi connectivity index (χ0) is 10.8. The SMILES string of the molecule is CNCc1cnc(Br)nc1C(F)(F)F. The molecule has 0 radical (unpaired) electrons. The van der Waals surface area contributed by atoms with Gasteiger partial charge in [0.25, 0.3) is 0 Å². The first kappa shape index (κ1) is 11.4. The summed E-state index contributed by atoms with van der Waals surface area (Å²) >= 11 is 2.80. The molecule has 1 aromatic heterocycles. The summed E-state index contributed by atoms with van der Waals surface area (Å²) in [4.78, 5) is 6.94. The van der Waals surface area contributed by atoms with E-state index >= 15 is 0 Å². The van der Waals surface area contributed by atoms with Gasteiger partial charge in [0.1, 0.15) is 0 Å². The molecular weight excluding hydrogens is 263 g/mol. The molecule has 0 spiro atoms. The molecule has 0 aliphatic rings. The Morgan fingerprint density at radius 3 is 2.64 bits per heavy atom. The standard InChI is InChI=1S/C7H7BrF3N3/c1-12-2-4-3-13-6(8)14-5(4)7(9,10)11/h3,12H,2H2,1H3. The highest BCUT2D eigenvalue weighted by atomic mass is 79.9. The normalized spacial score (nSPS) is 11.8. The largest absolute Gasteiger partial charge is 0.433 e. The number of rotatable bonds is 2. The Hall–Kier alpha value is -0.690. The lowest BCUT2D eigenvalue weighted by Gasteiger charge is -2.10. The van der Waals surface area contributed by atoms with Crippen molar-refractivity contribution in [1.29, 1.82) is 0 Å². The van der Waals surface area contributed by atoms with E-state index in [4.69, 9.17) is 0 Å². The van der Waals surface area contributed by atoms with Gasteiger partial charge in [-0.3, -0.25) is 0 Å². The summed E-state index contributed by atoms with van der Waals surface area (Å²) in [5.41, 5.74) is -0.878. The van der Waals surface area contributed by atoms with Crippen LogP contribution in [0.5, 0.6) is 0 Å². The van der Waals surface area contributed by atoms with E-state index in [1.165, 1.54) is 0 Å². The zero-order valence-electron chi connectivity index (χ0n) is 7.19. The quantitative estimate of drug-likeness (QED) is 0.835. The monoisotopic (exact) mass is 269 g/mol. The number of nitrogens with one attached hydrogen (secondary N) is 1. The molecule has 1 N–H and O–H groups in total. The summed E-state index contributed by atoms with van der Waals surface area (Å²) in [6, 6.07) is 0. The Balaban J connectivity index is 3.16. The molecule has 3 nitrogen and oxygen atoms in total. The number of aromatic nitrogens is 2. The molecule has 0 aromatic carbocycles. The Bertz CT molecular complexity index is 326. The van der Waals surface area contributed by atoms with Gasteiger partial charge >= 0.3 is 6.18 Å². The average molecular weight is 270 g/mol. The minimum atomic E-state index is -4.45. The Morgan fingerprint density at radius 2 is 2.14 bits per heavy atom. The van der Waals surface area contributed by atoms with Crippen molar-refractivity contribution in [2.75, 3.05) is 7.05 Å². The third kappa shape index (κ3) is 2.65. The van der Waals surface area contributed by atoms with Gasteiger partial charge in [-0.1, -0.05) is 0 Å². The van der Waals surface area contributed by atoms with E-state index in [9.17, 15) is 13.2 Å². The van der Waals surface area contributed by atoms with Crippen molar-refractivity contribution in [3.63, 3.8) is 0 Å². The van der Waals surface area contributed by atoms with Crippen LogP contribution in [0.15, 0.2) is 10.9 Å². The number of nitrogens with zero attached hydrogens (tertiary/aromatic N) is 2. The first-order valence-corrected chi connectivity index (χ1v) is 4.47. The van der Waals surface area contributed by atoms with Crippen LogP contribution < -0.4 is 5.32 Å². The Labute approximate surface area is 86.9 Å². The van der Waals surface area contributed by atoms with E-state index in [0.717, 1.165) is 6.20 Å². The zero-order valence-corrected chi connectivity index (χ0v) is 8.78. The first-order chi connectivity index (χ1) is 6.45. The third-order valence-corrected chi connectivity index (χ3v) is 1.85. The van der Waals surface area contributed by atoms with Crippen molar-refractivity contribution < 1.29 is 13.2 Å². The fraction of sp³-hybridized carbons (Fsp3) is 0.429. The first-order valence-electron chi connectivity index (χ1n) is 3.68. The maximum absolute atomic E-state index is 12.4. The van der Waals surface area contributed by atoms with E-state index in [0.29, 0.717) is 0 Å². The molecule has 0 amide bonds. The second kappa shape index (κ2) is 4.22. The van der Waals surface area contributed by atoms with E-state index < -0.39 is 11.9 Å².